The van der Waals surface area contributed by atoms with E-state index in [0.717, 1.165) is 24.9 Å². The average Bonchev–Trinajstić information content (AvgIpc) is 3.04. The predicted octanol–water partition coefficient (Wildman–Crippen LogP) is 1.98. The van der Waals surface area contributed by atoms with E-state index >= 15 is 0 Å². The number of hydrogen-bond donors (Lipinski definition) is 2. The van der Waals surface area contributed by atoms with E-state index in [9.17, 15) is 14.4 Å². The van der Waals surface area contributed by atoms with Crippen molar-refractivity contribution in [2.45, 2.75) is 45.6 Å². The quantitative estimate of drug-likeness (QED) is 0.891. The molecule has 1 aliphatic heterocycles. The van der Waals surface area contributed by atoms with Gasteiger partial charge in [0.25, 0.3) is 5.56 Å². The molecule has 0 saturated carbocycles. The van der Waals surface area contributed by atoms with Crippen LogP contribution in [0.4, 0.5) is 0 Å². The highest BCUT2D eigenvalue weighted by molar-refractivity contribution is 5.77. The Morgan fingerprint density at radius 1 is 1.16 bits per heavy atom. The van der Waals surface area contributed by atoms with Crippen LogP contribution in [0.25, 0.3) is 0 Å². The monoisotopic (exact) mass is 341 g/mol. The second kappa shape index (κ2) is 7.09. The van der Waals surface area contributed by atoms with Gasteiger partial charge in [0.15, 0.2) is 0 Å². The molecule has 1 aromatic carbocycles. The molecular formula is C19H23N3O3. The zero-order chi connectivity index (χ0) is 18.0. The van der Waals surface area contributed by atoms with E-state index in [2.05, 4.69) is 34.2 Å². The minimum atomic E-state index is -0.517. The number of benzene rings is 1. The summed E-state index contributed by atoms with van der Waals surface area (Å²) in [7, 11) is 0. The van der Waals surface area contributed by atoms with Gasteiger partial charge >= 0.3 is 5.69 Å². The number of rotatable bonds is 4. The highest BCUT2D eigenvalue weighted by atomic mass is 16.2. The maximum atomic E-state index is 12.7. The lowest BCUT2D eigenvalue weighted by Gasteiger charge is -2.25. The van der Waals surface area contributed by atoms with Crippen LogP contribution in [0.3, 0.4) is 0 Å². The van der Waals surface area contributed by atoms with Gasteiger partial charge in [0.1, 0.15) is 0 Å². The molecule has 6 nitrogen and oxygen atoms in total. The van der Waals surface area contributed by atoms with Gasteiger partial charge in [-0.15, -0.1) is 0 Å². The fourth-order valence-corrected chi connectivity index (χ4v) is 3.50. The van der Waals surface area contributed by atoms with E-state index < -0.39 is 11.2 Å². The van der Waals surface area contributed by atoms with Crippen molar-refractivity contribution in [2.24, 2.45) is 0 Å². The Hall–Kier alpha value is -2.63. The minimum absolute atomic E-state index is 0.0491. The third kappa shape index (κ3) is 3.73. The van der Waals surface area contributed by atoms with Crippen molar-refractivity contribution in [1.82, 2.24) is 14.9 Å². The van der Waals surface area contributed by atoms with Crippen molar-refractivity contribution in [2.75, 3.05) is 6.54 Å². The number of aryl methyl sites for hydroxylation is 2. The predicted molar refractivity (Wildman–Crippen MR) is 95.6 cm³/mol. The number of carbonyl (C=O) groups excluding carboxylic acids is 1. The number of aromatic nitrogens is 2. The normalized spacial score (nSPS) is 17.0. The number of carbonyl (C=O) groups is 1. The van der Waals surface area contributed by atoms with E-state index in [1.54, 1.807) is 6.92 Å². The molecule has 0 aliphatic carbocycles. The molecule has 6 heteroatoms. The lowest BCUT2D eigenvalue weighted by molar-refractivity contribution is -0.132. The minimum Gasteiger partial charge on any atom is -0.336 e. The Labute approximate surface area is 145 Å². The van der Waals surface area contributed by atoms with Crippen LogP contribution in [0.15, 0.2) is 33.9 Å². The fraction of sp³-hybridized carbons (Fsp3) is 0.421. The third-order valence-corrected chi connectivity index (χ3v) is 4.88. The molecule has 1 aromatic heterocycles. The van der Waals surface area contributed by atoms with Crippen molar-refractivity contribution < 1.29 is 4.79 Å². The molecule has 1 amide bonds. The van der Waals surface area contributed by atoms with E-state index in [1.807, 2.05) is 11.8 Å². The van der Waals surface area contributed by atoms with Gasteiger partial charge in [0.05, 0.1) is 6.04 Å². The van der Waals surface area contributed by atoms with Crippen LogP contribution in [-0.2, 0) is 11.2 Å². The van der Waals surface area contributed by atoms with Crippen molar-refractivity contribution >= 4 is 5.91 Å². The maximum absolute atomic E-state index is 12.7. The molecular weight excluding hydrogens is 318 g/mol. The summed E-state index contributed by atoms with van der Waals surface area (Å²) < 4.78 is 0. The summed E-state index contributed by atoms with van der Waals surface area (Å²) in [6.45, 7) is 4.48. The highest BCUT2D eigenvalue weighted by Crippen LogP contribution is 2.32. The Kier molecular flexibility index (Phi) is 4.88. The number of amides is 1. The number of nitrogens with one attached hydrogen (secondary N) is 2. The second-order valence-electron chi connectivity index (χ2n) is 6.67. The van der Waals surface area contributed by atoms with Gasteiger partial charge in [-0.2, -0.15) is 0 Å². The highest BCUT2D eigenvalue weighted by Gasteiger charge is 2.29. The van der Waals surface area contributed by atoms with Crippen LogP contribution in [0.2, 0.25) is 0 Å². The number of aromatic amines is 2. The smallest absolute Gasteiger partial charge is 0.325 e. The van der Waals surface area contributed by atoms with E-state index in [0.29, 0.717) is 17.7 Å². The Balaban J connectivity index is 1.71. The Bertz CT molecular complexity index is 880. The fourth-order valence-electron chi connectivity index (χ4n) is 3.50. The maximum Gasteiger partial charge on any atom is 0.325 e. The van der Waals surface area contributed by atoms with Gasteiger partial charge in [-0.25, -0.2) is 4.79 Å². The standard InChI is InChI=1S/C19H23N3O3/c1-12-5-7-14(8-6-12)16-4-3-11-22(16)17(23)10-9-15-13(2)20-19(25)21-18(15)24/h5-8,16H,3-4,9-11H2,1-2H3,(H2,20,21,24,25)/t16-/m1/s1. The van der Waals surface area contributed by atoms with Crippen LogP contribution >= 0.6 is 0 Å². The van der Waals surface area contributed by atoms with Crippen LogP contribution in [0.5, 0.6) is 0 Å². The molecule has 2 N–H and O–H groups in total. The molecule has 1 fully saturated rings. The summed E-state index contributed by atoms with van der Waals surface area (Å²) >= 11 is 0. The van der Waals surface area contributed by atoms with Gasteiger partial charge in [-0.3, -0.25) is 14.6 Å². The number of H-pyrrole nitrogens is 2. The SMILES string of the molecule is Cc1ccc([C@H]2CCCN2C(=O)CCc2c(C)[nH]c(=O)[nH]c2=O)cc1. The molecule has 2 heterocycles. The van der Waals surface area contributed by atoms with E-state index in [-0.39, 0.29) is 18.4 Å². The van der Waals surface area contributed by atoms with Crippen molar-refractivity contribution in [3.63, 3.8) is 0 Å². The summed E-state index contributed by atoms with van der Waals surface area (Å²) in [6, 6.07) is 8.42. The summed E-state index contributed by atoms with van der Waals surface area (Å²) in [5.74, 6) is 0.0491. The third-order valence-electron chi connectivity index (χ3n) is 4.88. The molecule has 132 valence electrons. The molecule has 0 spiro atoms. The molecule has 1 aliphatic rings. The van der Waals surface area contributed by atoms with Crippen molar-refractivity contribution in [1.29, 1.82) is 0 Å². The van der Waals surface area contributed by atoms with Crippen LogP contribution in [-0.4, -0.2) is 27.3 Å². The molecule has 2 aromatic rings. The van der Waals surface area contributed by atoms with Gasteiger partial charge in [-0.1, -0.05) is 29.8 Å². The van der Waals surface area contributed by atoms with E-state index in [1.165, 1.54) is 5.56 Å². The number of likely N-dealkylation sites (tertiary alicyclic amines) is 1. The van der Waals surface area contributed by atoms with Gasteiger partial charge in [0, 0.05) is 24.2 Å². The Morgan fingerprint density at radius 2 is 1.88 bits per heavy atom. The molecule has 3 rings (SSSR count). The number of nitrogens with zero attached hydrogens (tertiary/aromatic N) is 1. The first kappa shape index (κ1) is 17.2. The number of hydrogen-bond acceptors (Lipinski definition) is 3. The molecule has 0 bridgehead atoms. The second-order valence-corrected chi connectivity index (χ2v) is 6.67. The molecule has 1 atom stereocenters. The molecule has 0 radical (unpaired) electrons. The van der Waals surface area contributed by atoms with Gasteiger partial charge in [0.2, 0.25) is 5.91 Å². The summed E-state index contributed by atoms with van der Waals surface area (Å²) in [4.78, 5) is 42.6. The summed E-state index contributed by atoms with van der Waals surface area (Å²) in [5, 5.41) is 0. The molecule has 1 saturated heterocycles. The summed E-state index contributed by atoms with van der Waals surface area (Å²) in [6.07, 6.45) is 2.54. The van der Waals surface area contributed by atoms with Crippen LogP contribution in [0, 0.1) is 13.8 Å². The van der Waals surface area contributed by atoms with Gasteiger partial charge < -0.3 is 9.88 Å². The molecule has 0 unspecified atom stereocenters. The van der Waals surface area contributed by atoms with Gasteiger partial charge in [-0.05, 0) is 38.7 Å². The molecule has 25 heavy (non-hydrogen) atoms. The van der Waals surface area contributed by atoms with Crippen molar-refractivity contribution in [3.8, 4) is 0 Å². The lowest BCUT2D eigenvalue weighted by Crippen LogP contribution is -2.32. The van der Waals surface area contributed by atoms with Crippen LogP contribution < -0.4 is 11.2 Å². The Morgan fingerprint density at radius 3 is 2.56 bits per heavy atom. The summed E-state index contributed by atoms with van der Waals surface area (Å²) in [5.41, 5.74) is 2.43. The lowest BCUT2D eigenvalue weighted by atomic mass is 10.0. The van der Waals surface area contributed by atoms with Crippen LogP contribution in [0.1, 0.15) is 47.7 Å². The first-order chi connectivity index (χ1) is 12.0. The van der Waals surface area contributed by atoms with Crippen molar-refractivity contribution in [3.05, 3.63) is 67.5 Å². The first-order valence-corrected chi connectivity index (χ1v) is 8.64. The zero-order valence-electron chi connectivity index (χ0n) is 14.6. The topological polar surface area (TPSA) is 86.0 Å². The average molecular weight is 341 g/mol. The largest absolute Gasteiger partial charge is 0.336 e. The first-order valence-electron chi connectivity index (χ1n) is 8.64. The zero-order valence-corrected chi connectivity index (χ0v) is 14.6. The van der Waals surface area contributed by atoms with E-state index in [4.69, 9.17) is 0 Å².